The first-order chi connectivity index (χ1) is 12.2. The van der Waals surface area contributed by atoms with Crippen molar-refractivity contribution >= 4 is 38.4 Å². The largest absolute Gasteiger partial charge is 0.366 e. The number of carbonyl (C=O) groups is 1. The molecule has 0 radical (unpaired) electrons. The Morgan fingerprint density at radius 3 is 2.58 bits per heavy atom. The lowest BCUT2D eigenvalue weighted by molar-refractivity contribution is 0.100. The van der Waals surface area contributed by atoms with Gasteiger partial charge in [0.05, 0.1) is 28.3 Å². The molecular formula is C18H18ClN3O3S. The molecule has 0 saturated heterocycles. The first-order valence-electron chi connectivity index (χ1n) is 8.01. The van der Waals surface area contributed by atoms with Crippen molar-refractivity contribution in [2.24, 2.45) is 5.73 Å². The Morgan fingerprint density at radius 2 is 1.96 bits per heavy atom. The van der Waals surface area contributed by atoms with Crippen molar-refractivity contribution < 1.29 is 13.2 Å². The third-order valence-corrected chi connectivity index (χ3v) is 6.39. The number of nitrogens with two attached hydrogens (primary N) is 1. The van der Waals surface area contributed by atoms with E-state index in [0.717, 1.165) is 5.56 Å². The summed E-state index contributed by atoms with van der Waals surface area (Å²) in [6, 6.07) is 10.2. The summed E-state index contributed by atoms with van der Waals surface area (Å²) in [5.41, 5.74) is 7.34. The lowest BCUT2D eigenvalue weighted by Gasteiger charge is -2.10. The van der Waals surface area contributed by atoms with E-state index in [0.29, 0.717) is 28.4 Å². The van der Waals surface area contributed by atoms with Crippen molar-refractivity contribution in [3.8, 4) is 0 Å². The van der Waals surface area contributed by atoms with Crippen LogP contribution >= 0.6 is 11.6 Å². The summed E-state index contributed by atoms with van der Waals surface area (Å²) in [6.07, 6.45) is 0. The highest BCUT2D eigenvalue weighted by molar-refractivity contribution is 7.91. The van der Waals surface area contributed by atoms with E-state index in [-0.39, 0.29) is 16.2 Å². The molecule has 1 heterocycles. The van der Waals surface area contributed by atoms with Crippen LogP contribution in [0.2, 0.25) is 5.02 Å². The summed E-state index contributed by atoms with van der Waals surface area (Å²) in [6.45, 7) is 3.74. The number of carbonyl (C=O) groups excluding carboxylic acids is 1. The minimum atomic E-state index is -3.51. The van der Waals surface area contributed by atoms with E-state index < -0.39 is 15.7 Å². The summed E-state index contributed by atoms with van der Waals surface area (Å²) >= 11 is 6.25. The van der Waals surface area contributed by atoms with Crippen molar-refractivity contribution in [2.45, 2.75) is 25.3 Å². The first-order valence-corrected chi connectivity index (χ1v) is 10.0. The van der Waals surface area contributed by atoms with Crippen molar-refractivity contribution in [1.29, 1.82) is 0 Å². The number of sulfone groups is 1. The smallest absolute Gasteiger partial charge is 0.251 e. The number of aromatic nitrogens is 2. The molecule has 0 atom stereocenters. The highest BCUT2D eigenvalue weighted by Gasteiger charge is 2.21. The van der Waals surface area contributed by atoms with Crippen LogP contribution in [0.25, 0.3) is 11.0 Å². The molecule has 0 unspecified atom stereocenters. The van der Waals surface area contributed by atoms with Crippen LogP contribution < -0.4 is 5.73 Å². The van der Waals surface area contributed by atoms with Gasteiger partial charge in [-0.15, -0.1) is 0 Å². The molecule has 8 heteroatoms. The molecule has 0 fully saturated rings. The summed E-state index contributed by atoms with van der Waals surface area (Å²) in [5, 5.41) is 0.598. The standard InChI is InChI=1S/C18H18ClN3O3S/c1-3-26(24,25)13-8-14(18(20)23)17-16(9-13)22(11(2)21-17)10-12-6-4-5-7-15(12)19/h4-9H,3,10H2,1-2H3,(H2,20,23). The van der Waals surface area contributed by atoms with Crippen LogP contribution in [0, 0.1) is 6.92 Å². The molecule has 0 spiro atoms. The molecule has 136 valence electrons. The van der Waals surface area contributed by atoms with Gasteiger partial charge in [0.1, 0.15) is 11.3 Å². The topological polar surface area (TPSA) is 95.0 Å². The molecule has 2 N–H and O–H groups in total. The fourth-order valence-corrected chi connectivity index (χ4v) is 3.96. The Morgan fingerprint density at radius 1 is 1.27 bits per heavy atom. The van der Waals surface area contributed by atoms with Gasteiger partial charge in [-0.05, 0) is 30.7 Å². The van der Waals surface area contributed by atoms with Crippen LogP contribution in [0.4, 0.5) is 0 Å². The van der Waals surface area contributed by atoms with Gasteiger partial charge >= 0.3 is 0 Å². The van der Waals surface area contributed by atoms with Crippen LogP contribution in [0.15, 0.2) is 41.3 Å². The first kappa shape index (κ1) is 18.4. The van der Waals surface area contributed by atoms with E-state index in [1.807, 2.05) is 22.8 Å². The van der Waals surface area contributed by atoms with Crippen LogP contribution in [0.3, 0.4) is 0 Å². The molecule has 0 aliphatic rings. The number of nitrogens with zero attached hydrogens (tertiary/aromatic N) is 2. The quantitative estimate of drug-likeness (QED) is 0.723. The number of imidazole rings is 1. The molecule has 26 heavy (non-hydrogen) atoms. The zero-order chi connectivity index (χ0) is 19.1. The number of amides is 1. The third kappa shape index (κ3) is 3.20. The van der Waals surface area contributed by atoms with Crippen molar-refractivity contribution in [3.05, 3.63) is 58.4 Å². The molecule has 0 saturated carbocycles. The van der Waals surface area contributed by atoms with E-state index in [1.54, 1.807) is 19.9 Å². The Kier molecular flexibility index (Phi) is 4.77. The molecule has 0 aliphatic carbocycles. The molecular weight excluding hydrogens is 374 g/mol. The molecule has 3 aromatic rings. The fourth-order valence-electron chi connectivity index (χ4n) is 2.84. The van der Waals surface area contributed by atoms with E-state index in [9.17, 15) is 13.2 Å². The van der Waals surface area contributed by atoms with Gasteiger partial charge in [-0.1, -0.05) is 36.7 Å². The average molecular weight is 392 g/mol. The van der Waals surface area contributed by atoms with E-state index >= 15 is 0 Å². The average Bonchev–Trinajstić information content (AvgIpc) is 2.91. The van der Waals surface area contributed by atoms with Crippen LogP contribution in [0.1, 0.15) is 28.7 Å². The van der Waals surface area contributed by atoms with Crippen LogP contribution in [-0.2, 0) is 16.4 Å². The van der Waals surface area contributed by atoms with Gasteiger partial charge in [0.15, 0.2) is 9.84 Å². The van der Waals surface area contributed by atoms with E-state index in [4.69, 9.17) is 17.3 Å². The predicted octanol–water partition coefficient (Wildman–Crippen LogP) is 2.94. The van der Waals surface area contributed by atoms with E-state index in [2.05, 4.69) is 4.98 Å². The molecule has 6 nitrogen and oxygen atoms in total. The van der Waals surface area contributed by atoms with Gasteiger partial charge in [-0.25, -0.2) is 13.4 Å². The summed E-state index contributed by atoms with van der Waals surface area (Å²) < 4.78 is 26.5. The summed E-state index contributed by atoms with van der Waals surface area (Å²) in [4.78, 5) is 16.4. The number of benzene rings is 2. The molecule has 2 aromatic carbocycles. The Balaban J connectivity index is 2.29. The van der Waals surface area contributed by atoms with Crippen molar-refractivity contribution in [2.75, 3.05) is 5.75 Å². The van der Waals surface area contributed by atoms with Crippen LogP contribution in [-0.4, -0.2) is 29.6 Å². The normalized spacial score (nSPS) is 11.8. The number of halogens is 1. The Hall–Kier alpha value is -2.38. The Bertz CT molecular complexity index is 1120. The molecule has 0 aliphatic heterocycles. The second kappa shape index (κ2) is 6.74. The number of primary amides is 1. The van der Waals surface area contributed by atoms with Gasteiger partial charge in [0.25, 0.3) is 5.91 Å². The monoisotopic (exact) mass is 391 g/mol. The minimum Gasteiger partial charge on any atom is -0.366 e. The Labute approximate surface area is 156 Å². The maximum atomic E-state index is 12.3. The highest BCUT2D eigenvalue weighted by Crippen LogP contribution is 2.27. The maximum absolute atomic E-state index is 12.3. The molecule has 1 aromatic heterocycles. The number of aryl methyl sites for hydroxylation is 1. The number of hydrogen-bond acceptors (Lipinski definition) is 4. The summed E-state index contributed by atoms with van der Waals surface area (Å²) in [5.74, 6) is -0.159. The molecule has 1 amide bonds. The lowest BCUT2D eigenvalue weighted by Crippen LogP contribution is -2.14. The van der Waals surface area contributed by atoms with Gasteiger partial charge in [-0.3, -0.25) is 4.79 Å². The number of rotatable bonds is 5. The van der Waals surface area contributed by atoms with Gasteiger partial charge in [0.2, 0.25) is 0 Å². The zero-order valence-electron chi connectivity index (χ0n) is 14.4. The van der Waals surface area contributed by atoms with Gasteiger partial charge in [-0.2, -0.15) is 0 Å². The minimum absolute atomic E-state index is 0.0570. The van der Waals surface area contributed by atoms with Crippen molar-refractivity contribution in [3.63, 3.8) is 0 Å². The fraction of sp³-hybridized carbons (Fsp3) is 0.222. The lowest BCUT2D eigenvalue weighted by atomic mass is 10.1. The van der Waals surface area contributed by atoms with Gasteiger partial charge < -0.3 is 10.3 Å². The molecule has 3 rings (SSSR count). The molecule has 0 bridgehead atoms. The van der Waals surface area contributed by atoms with Crippen LogP contribution in [0.5, 0.6) is 0 Å². The number of fused-ring (bicyclic) bond motifs is 1. The van der Waals surface area contributed by atoms with E-state index in [1.165, 1.54) is 12.1 Å². The third-order valence-electron chi connectivity index (χ3n) is 4.31. The highest BCUT2D eigenvalue weighted by atomic mass is 35.5. The SMILES string of the molecule is CCS(=O)(=O)c1cc(C(N)=O)c2nc(C)n(Cc3ccccc3Cl)c2c1. The zero-order valence-corrected chi connectivity index (χ0v) is 15.9. The van der Waals surface area contributed by atoms with Gasteiger partial charge in [0, 0.05) is 5.02 Å². The second-order valence-electron chi connectivity index (χ2n) is 5.94. The second-order valence-corrected chi connectivity index (χ2v) is 8.63. The summed E-state index contributed by atoms with van der Waals surface area (Å²) in [7, 11) is -3.51. The van der Waals surface area contributed by atoms with Crippen molar-refractivity contribution in [1.82, 2.24) is 9.55 Å². The number of hydrogen-bond donors (Lipinski definition) is 1. The predicted molar refractivity (Wildman–Crippen MR) is 101 cm³/mol. The maximum Gasteiger partial charge on any atom is 0.251 e.